The quantitative estimate of drug-likeness (QED) is 0.690. The highest BCUT2D eigenvalue weighted by Gasteiger charge is 2.50. The second-order valence-corrected chi connectivity index (χ2v) is 8.05. The molecule has 0 aliphatic carbocycles. The molecule has 0 spiro atoms. The summed E-state index contributed by atoms with van der Waals surface area (Å²) in [7, 11) is 0. The Labute approximate surface area is 147 Å². The highest BCUT2D eigenvalue weighted by Crippen LogP contribution is 2.39. The Balaban J connectivity index is 1.98. The summed E-state index contributed by atoms with van der Waals surface area (Å²) >= 11 is 0. The van der Waals surface area contributed by atoms with Crippen molar-refractivity contribution in [1.82, 2.24) is 15.5 Å². The molecule has 3 atom stereocenters. The minimum Gasteiger partial charge on any atom is -0.481 e. The first-order valence-corrected chi connectivity index (χ1v) is 8.61. The monoisotopic (exact) mass is 350 g/mol. The summed E-state index contributed by atoms with van der Waals surface area (Å²) in [6, 6.07) is 0. The fourth-order valence-corrected chi connectivity index (χ4v) is 3.45. The lowest BCUT2D eigenvalue weighted by Gasteiger charge is -2.37. The number of hydrogen-bond donors (Lipinski definition) is 3. The molecule has 1 fully saturated rings. The van der Waals surface area contributed by atoms with Crippen LogP contribution in [0.15, 0.2) is 16.4 Å². The average molecular weight is 350 g/mol. The minimum absolute atomic E-state index is 0.163. The number of nitrogens with zero attached hydrogens (tertiary/aromatic N) is 2. The highest BCUT2D eigenvalue weighted by atomic mass is 16.6. The molecule has 1 saturated heterocycles. The van der Waals surface area contributed by atoms with E-state index in [0.29, 0.717) is 11.4 Å². The van der Waals surface area contributed by atoms with Gasteiger partial charge in [-0.1, -0.05) is 0 Å². The Morgan fingerprint density at radius 2 is 2.16 bits per heavy atom. The largest absolute Gasteiger partial charge is 0.481 e. The predicted octanol–water partition coefficient (Wildman–Crippen LogP) is 1.15. The van der Waals surface area contributed by atoms with Gasteiger partial charge in [-0.05, 0) is 40.7 Å². The number of carbonyl (C=O) groups is 2. The van der Waals surface area contributed by atoms with Gasteiger partial charge in [-0.15, -0.1) is 0 Å². The van der Waals surface area contributed by atoms with Gasteiger partial charge >= 0.3 is 12.1 Å². The topological polar surface area (TPSA) is 103 Å². The smallest absolute Gasteiger partial charge is 0.417 e. The Morgan fingerprint density at radius 1 is 1.44 bits per heavy atom. The van der Waals surface area contributed by atoms with Gasteiger partial charge in [0.25, 0.3) is 0 Å². The van der Waals surface area contributed by atoms with Crippen molar-refractivity contribution in [3.05, 3.63) is 11.4 Å². The molecular weight excluding hydrogens is 324 g/mol. The molecule has 3 N–H and O–H groups in total. The molecule has 0 bridgehead atoms. The van der Waals surface area contributed by atoms with E-state index < -0.39 is 29.2 Å². The molecule has 3 aliphatic heterocycles. The zero-order valence-corrected chi connectivity index (χ0v) is 15.1. The third-order valence-corrected chi connectivity index (χ3v) is 4.90. The van der Waals surface area contributed by atoms with Crippen molar-refractivity contribution >= 4 is 18.3 Å². The van der Waals surface area contributed by atoms with Crippen molar-refractivity contribution in [2.75, 3.05) is 19.6 Å². The lowest BCUT2D eigenvalue weighted by atomic mass is 9.84. The Morgan fingerprint density at radius 3 is 2.72 bits per heavy atom. The molecule has 0 aromatic rings. The van der Waals surface area contributed by atoms with Crippen LogP contribution in [0.2, 0.25) is 0 Å². The standard InChI is InChI=1S/C17H26N4O4/c1-16(2,3)25-15(24)21-12(10-5-6-18-7-10)19-8-11-13(21)20-9-17(11,4)14(22)23/h8,10,12,18,20H,5-7,9H2,1-4H3,(H,22,23)/t10-,12?,17-/m1/s1. The van der Waals surface area contributed by atoms with Crippen LogP contribution in [-0.2, 0) is 9.53 Å². The van der Waals surface area contributed by atoms with Crippen molar-refractivity contribution in [2.45, 2.75) is 45.9 Å². The minimum atomic E-state index is -1.11. The maximum atomic E-state index is 12.9. The first kappa shape index (κ1) is 17.7. The second-order valence-electron chi connectivity index (χ2n) is 8.05. The molecule has 25 heavy (non-hydrogen) atoms. The molecule has 8 heteroatoms. The van der Waals surface area contributed by atoms with Crippen LogP contribution in [-0.4, -0.2) is 59.7 Å². The van der Waals surface area contributed by atoms with E-state index in [2.05, 4.69) is 15.6 Å². The van der Waals surface area contributed by atoms with Crippen LogP contribution in [0.1, 0.15) is 34.1 Å². The summed E-state index contributed by atoms with van der Waals surface area (Å²) in [6.07, 6.45) is 1.62. The van der Waals surface area contributed by atoms with E-state index in [0.717, 1.165) is 19.5 Å². The van der Waals surface area contributed by atoms with E-state index in [1.54, 1.807) is 13.1 Å². The summed E-state index contributed by atoms with van der Waals surface area (Å²) < 4.78 is 5.57. The number of rotatable bonds is 2. The lowest BCUT2D eigenvalue weighted by molar-refractivity contribution is -0.144. The number of ether oxygens (including phenoxy) is 1. The van der Waals surface area contributed by atoms with Crippen molar-refractivity contribution < 1.29 is 19.4 Å². The van der Waals surface area contributed by atoms with E-state index in [1.165, 1.54) is 4.90 Å². The van der Waals surface area contributed by atoms with Gasteiger partial charge in [-0.25, -0.2) is 9.69 Å². The van der Waals surface area contributed by atoms with Crippen LogP contribution in [0, 0.1) is 11.3 Å². The summed E-state index contributed by atoms with van der Waals surface area (Å²) in [5.74, 6) is -0.274. The van der Waals surface area contributed by atoms with E-state index in [4.69, 9.17) is 4.74 Å². The zero-order valence-electron chi connectivity index (χ0n) is 15.1. The predicted molar refractivity (Wildman–Crippen MR) is 92.1 cm³/mol. The molecule has 0 aromatic heterocycles. The summed E-state index contributed by atoms with van der Waals surface area (Å²) in [4.78, 5) is 30.7. The van der Waals surface area contributed by atoms with Crippen molar-refractivity contribution in [2.24, 2.45) is 16.3 Å². The molecule has 3 heterocycles. The van der Waals surface area contributed by atoms with Gasteiger partial charge < -0.3 is 20.5 Å². The van der Waals surface area contributed by atoms with Crippen LogP contribution in [0.5, 0.6) is 0 Å². The van der Waals surface area contributed by atoms with Crippen LogP contribution in [0.25, 0.3) is 0 Å². The zero-order chi connectivity index (χ0) is 18.4. The fourth-order valence-electron chi connectivity index (χ4n) is 3.45. The normalized spacial score (nSPS) is 31.8. The molecule has 1 unspecified atom stereocenters. The molecule has 3 aliphatic rings. The number of carboxylic acid groups (broad SMARTS) is 1. The molecule has 0 radical (unpaired) electrons. The lowest BCUT2D eigenvalue weighted by Crippen LogP contribution is -2.49. The molecule has 8 nitrogen and oxygen atoms in total. The number of hydrogen-bond acceptors (Lipinski definition) is 6. The van der Waals surface area contributed by atoms with E-state index in [1.807, 2.05) is 20.8 Å². The van der Waals surface area contributed by atoms with Gasteiger partial charge in [0, 0.05) is 30.8 Å². The fraction of sp³-hybridized carbons (Fsp3) is 0.706. The number of carbonyl (C=O) groups excluding carboxylic acids is 1. The van der Waals surface area contributed by atoms with Crippen LogP contribution >= 0.6 is 0 Å². The Kier molecular flexibility index (Phi) is 4.26. The molecule has 0 aromatic carbocycles. The van der Waals surface area contributed by atoms with Crippen molar-refractivity contribution in [3.63, 3.8) is 0 Å². The van der Waals surface area contributed by atoms with E-state index >= 15 is 0 Å². The molecular formula is C17H26N4O4. The SMILES string of the molecule is CC(C)(C)OC(=O)N1C2=C(C=NC1[C@@H]1CCNC1)[C@](C)(C(=O)O)CN2. The molecule has 0 saturated carbocycles. The van der Waals surface area contributed by atoms with Crippen molar-refractivity contribution in [1.29, 1.82) is 0 Å². The number of carboxylic acids is 1. The molecule has 138 valence electrons. The number of aliphatic imine (C=N–C) groups is 1. The average Bonchev–Trinajstić information content (AvgIpc) is 3.13. The third-order valence-electron chi connectivity index (χ3n) is 4.90. The highest BCUT2D eigenvalue weighted by molar-refractivity contribution is 5.95. The molecule has 3 rings (SSSR count). The summed E-state index contributed by atoms with van der Waals surface area (Å²) in [5.41, 5.74) is -1.24. The Bertz CT molecular complexity index is 646. The number of aliphatic carboxylic acids is 1. The van der Waals surface area contributed by atoms with E-state index in [9.17, 15) is 14.7 Å². The second kappa shape index (κ2) is 6.01. The van der Waals surface area contributed by atoms with E-state index in [-0.39, 0.29) is 12.5 Å². The third kappa shape index (κ3) is 3.10. The first-order chi connectivity index (χ1) is 11.6. The number of amides is 1. The van der Waals surface area contributed by atoms with Gasteiger partial charge in [0.2, 0.25) is 0 Å². The van der Waals surface area contributed by atoms with Crippen LogP contribution < -0.4 is 10.6 Å². The van der Waals surface area contributed by atoms with Gasteiger partial charge in [0.1, 0.15) is 23.0 Å². The Hall–Kier alpha value is -2.09. The van der Waals surface area contributed by atoms with Gasteiger partial charge in [0.05, 0.1) is 0 Å². The maximum absolute atomic E-state index is 12.9. The summed E-state index contributed by atoms with van der Waals surface area (Å²) in [5, 5.41) is 16.0. The summed E-state index contributed by atoms with van der Waals surface area (Å²) in [6.45, 7) is 8.93. The molecule has 1 amide bonds. The first-order valence-electron chi connectivity index (χ1n) is 8.61. The van der Waals surface area contributed by atoms with Crippen LogP contribution in [0.4, 0.5) is 4.79 Å². The van der Waals surface area contributed by atoms with Gasteiger partial charge in [-0.2, -0.15) is 0 Å². The van der Waals surface area contributed by atoms with Gasteiger partial charge in [-0.3, -0.25) is 9.79 Å². The van der Waals surface area contributed by atoms with Crippen molar-refractivity contribution in [3.8, 4) is 0 Å². The maximum Gasteiger partial charge on any atom is 0.417 e. The van der Waals surface area contributed by atoms with Gasteiger partial charge in [0.15, 0.2) is 0 Å². The number of nitrogens with one attached hydrogen (secondary N) is 2. The van der Waals surface area contributed by atoms with Crippen LogP contribution in [0.3, 0.4) is 0 Å².